The van der Waals surface area contributed by atoms with E-state index in [0.29, 0.717) is 0 Å². The summed E-state index contributed by atoms with van der Waals surface area (Å²) in [4.78, 5) is 11.5. The van der Waals surface area contributed by atoms with Crippen molar-refractivity contribution in [3.63, 3.8) is 0 Å². The molecule has 0 unspecified atom stereocenters. The molecular weight excluding hydrogens is 248 g/mol. The second-order valence-electron chi connectivity index (χ2n) is 5.07. The maximum Gasteiger partial charge on any atom is 0.134 e. The highest BCUT2D eigenvalue weighted by molar-refractivity contribution is 5.51. The van der Waals surface area contributed by atoms with Crippen molar-refractivity contribution < 1.29 is 0 Å². The molecule has 0 atom stereocenters. The Morgan fingerprint density at radius 3 is 2.75 bits per heavy atom. The van der Waals surface area contributed by atoms with E-state index >= 15 is 0 Å². The molecule has 2 heterocycles. The van der Waals surface area contributed by atoms with Gasteiger partial charge in [-0.3, -0.25) is 0 Å². The number of nitrogens with one attached hydrogen (secondary N) is 1. The van der Waals surface area contributed by atoms with Gasteiger partial charge in [-0.05, 0) is 17.5 Å². The van der Waals surface area contributed by atoms with Crippen LogP contribution in [0, 0.1) is 0 Å². The molecule has 1 N–H and O–H groups in total. The molecule has 1 aromatic heterocycles. The van der Waals surface area contributed by atoms with Crippen LogP contribution >= 0.6 is 0 Å². The van der Waals surface area contributed by atoms with Gasteiger partial charge in [0.25, 0.3) is 0 Å². The highest BCUT2D eigenvalue weighted by Crippen LogP contribution is 2.24. The molecule has 3 rings (SSSR count). The number of hydrogen-bond donors (Lipinski definition) is 1. The standard InChI is InChI=1S/C16H20N4/c1-3-14-18-15(17-2)10-16(19-14)20-9-8-12-6-4-5-7-13(12)11-20/h4-7,10H,3,8-9,11H2,1-2H3,(H,17,18,19). The number of hydrogen-bond acceptors (Lipinski definition) is 4. The first-order valence-electron chi connectivity index (χ1n) is 7.17. The minimum Gasteiger partial charge on any atom is -0.373 e. The van der Waals surface area contributed by atoms with E-state index in [0.717, 1.165) is 43.4 Å². The largest absolute Gasteiger partial charge is 0.373 e. The van der Waals surface area contributed by atoms with Gasteiger partial charge in [-0.15, -0.1) is 0 Å². The zero-order valence-corrected chi connectivity index (χ0v) is 12.1. The molecule has 1 aliphatic rings. The lowest BCUT2D eigenvalue weighted by Crippen LogP contribution is -2.31. The fourth-order valence-electron chi connectivity index (χ4n) is 2.62. The summed E-state index contributed by atoms with van der Waals surface area (Å²) in [6.45, 7) is 4.03. The molecule has 0 amide bonds. The fraction of sp³-hybridized carbons (Fsp3) is 0.375. The Morgan fingerprint density at radius 2 is 2.00 bits per heavy atom. The molecule has 4 heteroatoms. The average Bonchev–Trinajstić information content (AvgIpc) is 2.53. The van der Waals surface area contributed by atoms with Gasteiger partial charge in [0, 0.05) is 32.6 Å². The molecule has 0 radical (unpaired) electrons. The highest BCUT2D eigenvalue weighted by atomic mass is 15.2. The summed E-state index contributed by atoms with van der Waals surface area (Å²) in [5.74, 6) is 2.81. The minimum atomic E-state index is 0.854. The van der Waals surface area contributed by atoms with Crippen molar-refractivity contribution in [3.8, 4) is 0 Å². The summed E-state index contributed by atoms with van der Waals surface area (Å²) >= 11 is 0. The van der Waals surface area contributed by atoms with Gasteiger partial charge in [-0.1, -0.05) is 31.2 Å². The van der Waals surface area contributed by atoms with Crippen molar-refractivity contribution in [2.45, 2.75) is 26.3 Å². The number of benzene rings is 1. The van der Waals surface area contributed by atoms with Crippen molar-refractivity contribution in [2.24, 2.45) is 0 Å². The quantitative estimate of drug-likeness (QED) is 0.929. The second kappa shape index (κ2) is 5.49. The Balaban J connectivity index is 1.91. The Labute approximate surface area is 119 Å². The van der Waals surface area contributed by atoms with E-state index in [9.17, 15) is 0 Å². The third kappa shape index (κ3) is 2.46. The zero-order chi connectivity index (χ0) is 13.9. The highest BCUT2D eigenvalue weighted by Gasteiger charge is 2.18. The maximum absolute atomic E-state index is 4.67. The number of fused-ring (bicyclic) bond motifs is 1. The van der Waals surface area contributed by atoms with Crippen molar-refractivity contribution in [3.05, 3.63) is 47.3 Å². The number of aromatic nitrogens is 2. The van der Waals surface area contributed by atoms with E-state index in [2.05, 4.69) is 51.4 Å². The van der Waals surface area contributed by atoms with Gasteiger partial charge < -0.3 is 10.2 Å². The lowest BCUT2D eigenvalue weighted by Gasteiger charge is -2.30. The van der Waals surface area contributed by atoms with Crippen molar-refractivity contribution in [2.75, 3.05) is 23.8 Å². The molecule has 1 aromatic carbocycles. The number of aryl methyl sites for hydroxylation is 1. The fourth-order valence-corrected chi connectivity index (χ4v) is 2.62. The van der Waals surface area contributed by atoms with Crippen LogP contribution in [0.4, 0.5) is 11.6 Å². The number of anilines is 2. The van der Waals surface area contributed by atoms with Crippen LogP contribution in [0.15, 0.2) is 30.3 Å². The van der Waals surface area contributed by atoms with E-state index in [-0.39, 0.29) is 0 Å². The molecule has 1 aliphatic heterocycles. The summed E-state index contributed by atoms with van der Waals surface area (Å²) < 4.78 is 0. The monoisotopic (exact) mass is 268 g/mol. The Hall–Kier alpha value is -2.10. The van der Waals surface area contributed by atoms with Crippen LogP contribution < -0.4 is 10.2 Å². The average molecular weight is 268 g/mol. The second-order valence-corrected chi connectivity index (χ2v) is 5.07. The zero-order valence-electron chi connectivity index (χ0n) is 12.1. The van der Waals surface area contributed by atoms with Gasteiger partial charge in [0.1, 0.15) is 17.5 Å². The SMILES string of the molecule is CCc1nc(NC)cc(N2CCc3ccccc3C2)n1. The molecule has 2 aromatic rings. The topological polar surface area (TPSA) is 41.1 Å². The van der Waals surface area contributed by atoms with Crippen molar-refractivity contribution in [1.82, 2.24) is 9.97 Å². The lowest BCUT2D eigenvalue weighted by atomic mass is 10.00. The summed E-state index contributed by atoms with van der Waals surface area (Å²) in [5, 5.41) is 3.12. The van der Waals surface area contributed by atoms with Crippen LogP contribution in [-0.4, -0.2) is 23.6 Å². The first-order chi connectivity index (χ1) is 9.80. The molecule has 0 fully saturated rings. The van der Waals surface area contributed by atoms with E-state index in [1.807, 2.05) is 13.1 Å². The van der Waals surface area contributed by atoms with Gasteiger partial charge in [-0.2, -0.15) is 0 Å². The maximum atomic E-state index is 4.67. The van der Waals surface area contributed by atoms with Crippen LogP contribution in [-0.2, 0) is 19.4 Å². The molecule has 0 bridgehead atoms. The van der Waals surface area contributed by atoms with Crippen LogP contribution in [0.25, 0.3) is 0 Å². The molecule has 4 nitrogen and oxygen atoms in total. The molecule has 0 aliphatic carbocycles. The van der Waals surface area contributed by atoms with Crippen LogP contribution in [0.1, 0.15) is 23.9 Å². The Bertz CT molecular complexity index is 587. The summed E-state index contributed by atoms with van der Waals surface area (Å²) in [7, 11) is 1.90. The summed E-state index contributed by atoms with van der Waals surface area (Å²) in [5.41, 5.74) is 2.86. The predicted molar refractivity (Wildman–Crippen MR) is 82.2 cm³/mol. The predicted octanol–water partition coefficient (Wildman–Crippen LogP) is 2.64. The van der Waals surface area contributed by atoms with Crippen molar-refractivity contribution >= 4 is 11.6 Å². The summed E-state index contributed by atoms with van der Waals surface area (Å²) in [6.07, 6.45) is 1.93. The van der Waals surface area contributed by atoms with E-state index in [1.165, 1.54) is 11.1 Å². The summed E-state index contributed by atoms with van der Waals surface area (Å²) in [6, 6.07) is 10.7. The van der Waals surface area contributed by atoms with Gasteiger partial charge in [0.05, 0.1) is 0 Å². The Kier molecular flexibility index (Phi) is 3.54. The lowest BCUT2D eigenvalue weighted by molar-refractivity contribution is 0.715. The third-order valence-electron chi connectivity index (χ3n) is 3.79. The first kappa shape index (κ1) is 12.9. The van der Waals surface area contributed by atoms with Crippen LogP contribution in [0.2, 0.25) is 0 Å². The van der Waals surface area contributed by atoms with E-state index in [4.69, 9.17) is 0 Å². The number of nitrogens with zero attached hydrogens (tertiary/aromatic N) is 3. The van der Waals surface area contributed by atoms with E-state index in [1.54, 1.807) is 0 Å². The molecule has 104 valence electrons. The molecule has 0 spiro atoms. The van der Waals surface area contributed by atoms with Crippen LogP contribution in [0.5, 0.6) is 0 Å². The number of rotatable bonds is 3. The molecule has 0 saturated heterocycles. The van der Waals surface area contributed by atoms with Crippen molar-refractivity contribution in [1.29, 1.82) is 0 Å². The molecule has 0 saturated carbocycles. The Morgan fingerprint density at radius 1 is 1.20 bits per heavy atom. The molecule has 20 heavy (non-hydrogen) atoms. The first-order valence-corrected chi connectivity index (χ1v) is 7.17. The molecular formula is C16H20N4. The third-order valence-corrected chi connectivity index (χ3v) is 3.79. The minimum absolute atomic E-state index is 0.854. The smallest absolute Gasteiger partial charge is 0.134 e. The normalized spacial score (nSPS) is 14.0. The van der Waals surface area contributed by atoms with Gasteiger partial charge in [0.2, 0.25) is 0 Å². The van der Waals surface area contributed by atoms with Gasteiger partial charge in [0.15, 0.2) is 0 Å². The van der Waals surface area contributed by atoms with E-state index < -0.39 is 0 Å². The van der Waals surface area contributed by atoms with Gasteiger partial charge in [-0.25, -0.2) is 9.97 Å². The van der Waals surface area contributed by atoms with Gasteiger partial charge >= 0.3 is 0 Å². The van der Waals surface area contributed by atoms with Crippen LogP contribution in [0.3, 0.4) is 0 Å².